The largest absolute Gasteiger partial charge is 0.493 e. The van der Waals surface area contributed by atoms with Crippen LogP contribution in [0.5, 0.6) is 11.5 Å². The summed E-state index contributed by atoms with van der Waals surface area (Å²) in [7, 11) is 3.29. The highest BCUT2D eigenvalue weighted by Gasteiger charge is 2.09. The summed E-state index contributed by atoms with van der Waals surface area (Å²) < 4.78 is 10.9. The number of aliphatic imine (C=N–C) groups is 1. The number of methoxy groups -OCH3 is 2. The Morgan fingerprint density at radius 3 is 2.69 bits per heavy atom. The van der Waals surface area contributed by atoms with Gasteiger partial charge in [0, 0.05) is 35.8 Å². The zero-order valence-corrected chi connectivity index (χ0v) is 17.6. The second kappa shape index (κ2) is 9.87. The smallest absolute Gasteiger partial charge is 0.191 e. The third kappa shape index (κ3) is 5.02. The van der Waals surface area contributed by atoms with Gasteiger partial charge in [-0.1, -0.05) is 24.3 Å². The van der Waals surface area contributed by atoms with Gasteiger partial charge in [0.25, 0.3) is 0 Å². The number of H-pyrrole nitrogens is 1. The van der Waals surface area contributed by atoms with Crippen molar-refractivity contribution in [3.63, 3.8) is 0 Å². The van der Waals surface area contributed by atoms with Crippen LogP contribution < -0.4 is 20.1 Å². The van der Waals surface area contributed by atoms with Gasteiger partial charge < -0.3 is 25.1 Å². The van der Waals surface area contributed by atoms with E-state index in [-0.39, 0.29) is 0 Å². The molecule has 29 heavy (non-hydrogen) atoms. The molecular weight excluding hydrogens is 364 g/mol. The standard InChI is InChI=1S/C23H30N4O2/c1-5-24-23(27-15-18-7-6-8-21(28-3)22(18)29-4)25-12-11-17-14-26-20-13-16(2)9-10-19(17)20/h6-10,13-14,26H,5,11-12,15H2,1-4H3,(H2,24,25,27). The molecule has 0 unspecified atom stereocenters. The molecule has 0 atom stereocenters. The minimum Gasteiger partial charge on any atom is -0.493 e. The first-order valence-electron chi connectivity index (χ1n) is 9.95. The highest BCUT2D eigenvalue weighted by atomic mass is 16.5. The van der Waals surface area contributed by atoms with Crippen LogP contribution in [0, 0.1) is 6.92 Å². The van der Waals surface area contributed by atoms with Gasteiger partial charge in [0.2, 0.25) is 0 Å². The Morgan fingerprint density at radius 1 is 1.07 bits per heavy atom. The maximum absolute atomic E-state index is 5.50. The number of para-hydroxylation sites is 1. The summed E-state index contributed by atoms with van der Waals surface area (Å²) in [5.41, 5.74) is 4.73. The topological polar surface area (TPSA) is 70.7 Å². The number of aromatic nitrogens is 1. The molecule has 2 aromatic carbocycles. The quantitative estimate of drug-likeness (QED) is 0.402. The van der Waals surface area contributed by atoms with Crippen LogP contribution in [0.25, 0.3) is 10.9 Å². The number of benzene rings is 2. The van der Waals surface area contributed by atoms with E-state index in [1.165, 1.54) is 22.0 Å². The van der Waals surface area contributed by atoms with E-state index < -0.39 is 0 Å². The molecular formula is C23H30N4O2. The van der Waals surface area contributed by atoms with Crippen molar-refractivity contribution >= 4 is 16.9 Å². The number of ether oxygens (including phenoxy) is 2. The highest BCUT2D eigenvalue weighted by molar-refractivity contribution is 5.84. The fourth-order valence-corrected chi connectivity index (χ4v) is 3.41. The first-order valence-corrected chi connectivity index (χ1v) is 9.95. The van der Waals surface area contributed by atoms with Gasteiger partial charge >= 0.3 is 0 Å². The average Bonchev–Trinajstić information content (AvgIpc) is 3.13. The third-order valence-electron chi connectivity index (χ3n) is 4.85. The average molecular weight is 395 g/mol. The Bertz CT molecular complexity index is 978. The Morgan fingerprint density at radius 2 is 1.93 bits per heavy atom. The van der Waals surface area contributed by atoms with E-state index in [2.05, 4.69) is 53.9 Å². The van der Waals surface area contributed by atoms with Crippen LogP contribution in [0.15, 0.2) is 47.6 Å². The van der Waals surface area contributed by atoms with Gasteiger partial charge in [-0.2, -0.15) is 0 Å². The van der Waals surface area contributed by atoms with E-state index in [1.54, 1.807) is 14.2 Å². The summed E-state index contributed by atoms with van der Waals surface area (Å²) in [5.74, 6) is 2.23. The summed E-state index contributed by atoms with van der Waals surface area (Å²) in [6, 6.07) is 12.4. The van der Waals surface area contributed by atoms with Crippen LogP contribution in [0.3, 0.4) is 0 Å². The zero-order chi connectivity index (χ0) is 20.6. The molecule has 0 spiro atoms. The first-order chi connectivity index (χ1) is 14.2. The molecule has 1 aromatic heterocycles. The summed E-state index contributed by atoms with van der Waals surface area (Å²) in [5, 5.41) is 8.01. The highest BCUT2D eigenvalue weighted by Crippen LogP contribution is 2.31. The number of guanidine groups is 1. The van der Waals surface area contributed by atoms with Crippen LogP contribution >= 0.6 is 0 Å². The predicted octanol–water partition coefficient (Wildman–Crippen LogP) is 3.79. The maximum atomic E-state index is 5.50. The lowest BCUT2D eigenvalue weighted by Crippen LogP contribution is -2.38. The Hall–Kier alpha value is -3.15. The van der Waals surface area contributed by atoms with Gasteiger partial charge in [0.05, 0.1) is 20.8 Å². The maximum Gasteiger partial charge on any atom is 0.191 e. The number of rotatable bonds is 8. The Labute approximate surface area is 172 Å². The van der Waals surface area contributed by atoms with Crippen molar-refractivity contribution in [2.24, 2.45) is 4.99 Å². The number of fused-ring (bicyclic) bond motifs is 1. The molecule has 3 N–H and O–H groups in total. The monoisotopic (exact) mass is 394 g/mol. The first kappa shape index (κ1) is 20.6. The number of hydrogen-bond donors (Lipinski definition) is 3. The fraction of sp³-hybridized carbons (Fsp3) is 0.348. The molecule has 6 nitrogen and oxygen atoms in total. The molecule has 0 amide bonds. The molecule has 154 valence electrons. The van der Waals surface area contributed by atoms with Crippen LogP contribution in [0.4, 0.5) is 0 Å². The minimum absolute atomic E-state index is 0.502. The lowest BCUT2D eigenvalue weighted by Gasteiger charge is -2.13. The van der Waals surface area contributed by atoms with Gasteiger partial charge in [0.15, 0.2) is 17.5 Å². The normalized spacial score (nSPS) is 11.5. The number of hydrogen-bond acceptors (Lipinski definition) is 3. The van der Waals surface area contributed by atoms with Gasteiger partial charge in [-0.3, -0.25) is 0 Å². The summed E-state index contributed by atoms with van der Waals surface area (Å²) in [6.07, 6.45) is 3.01. The molecule has 6 heteroatoms. The molecule has 0 radical (unpaired) electrons. The van der Waals surface area contributed by atoms with Crippen molar-refractivity contribution in [2.75, 3.05) is 27.3 Å². The van der Waals surface area contributed by atoms with E-state index in [9.17, 15) is 0 Å². The second-order valence-corrected chi connectivity index (χ2v) is 6.89. The summed E-state index contributed by atoms with van der Waals surface area (Å²) in [6.45, 7) is 6.26. The number of aromatic amines is 1. The van der Waals surface area contributed by atoms with Crippen LogP contribution in [-0.4, -0.2) is 38.3 Å². The molecule has 0 aliphatic heterocycles. The lowest BCUT2D eigenvalue weighted by atomic mass is 10.1. The van der Waals surface area contributed by atoms with Crippen molar-refractivity contribution in [1.82, 2.24) is 15.6 Å². The molecule has 3 aromatic rings. The molecule has 0 aliphatic carbocycles. The zero-order valence-electron chi connectivity index (χ0n) is 17.6. The van der Waals surface area contributed by atoms with Crippen LogP contribution in [0.1, 0.15) is 23.6 Å². The molecule has 0 saturated heterocycles. The van der Waals surface area contributed by atoms with Gasteiger partial charge in [-0.05, 0) is 43.5 Å². The SMILES string of the molecule is CCNC(=NCc1cccc(OC)c1OC)NCCc1c[nH]c2cc(C)ccc12. The van der Waals surface area contributed by atoms with Crippen LogP contribution in [0.2, 0.25) is 0 Å². The van der Waals surface area contributed by atoms with Gasteiger partial charge in [-0.25, -0.2) is 4.99 Å². The number of aryl methyl sites for hydroxylation is 1. The predicted molar refractivity (Wildman–Crippen MR) is 119 cm³/mol. The minimum atomic E-state index is 0.502. The van der Waals surface area contributed by atoms with E-state index in [0.717, 1.165) is 36.8 Å². The fourth-order valence-electron chi connectivity index (χ4n) is 3.41. The third-order valence-corrected chi connectivity index (χ3v) is 4.85. The Kier molecular flexibility index (Phi) is 7.00. The second-order valence-electron chi connectivity index (χ2n) is 6.89. The molecule has 0 saturated carbocycles. The summed E-state index contributed by atoms with van der Waals surface area (Å²) in [4.78, 5) is 8.07. The van der Waals surface area contributed by atoms with Crippen LogP contribution in [-0.2, 0) is 13.0 Å². The van der Waals surface area contributed by atoms with E-state index in [4.69, 9.17) is 14.5 Å². The van der Waals surface area contributed by atoms with E-state index in [1.807, 2.05) is 18.2 Å². The van der Waals surface area contributed by atoms with E-state index in [0.29, 0.717) is 12.3 Å². The van der Waals surface area contributed by atoms with Gasteiger partial charge in [0.1, 0.15) is 0 Å². The molecule has 1 heterocycles. The molecule has 3 rings (SSSR count). The molecule has 0 fully saturated rings. The van der Waals surface area contributed by atoms with Crippen molar-refractivity contribution in [3.8, 4) is 11.5 Å². The number of nitrogens with one attached hydrogen (secondary N) is 3. The van der Waals surface area contributed by atoms with Crippen molar-refractivity contribution in [2.45, 2.75) is 26.8 Å². The summed E-state index contributed by atoms with van der Waals surface area (Å²) >= 11 is 0. The number of nitrogens with zero attached hydrogens (tertiary/aromatic N) is 1. The van der Waals surface area contributed by atoms with E-state index >= 15 is 0 Å². The van der Waals surface area contributed by atoms with Crippen molar-refractivity contribution < 1.29 is 9.47 Å². The molecule has 0 aliphatic rings. The van der Waals surface area contributed by atoms with Crippen molar-refractivity contribution in [3.05, 3.63) is 59.3 Å². The molecule has 0 bridgehead atoms. The lowest BCUT2D eigenvalue weighted by molar-refractivity contribution is 0.352. The Balaban J connectivity index is 1.65. The van der Waals surface area contributed by atoms with Gasteiger partial charge in [-0.15, -0.1) is 0 Å². The van der Waals surface area contributed by atoms with Crippen molar-refractivity contribution in [1.29, 1.82) is 0 Å².